The van der Waals surface area contributed by atoms with Crippen molar-refractivity contribution >= 4 is 5.78 Å². The highest BCUT2D eigenvalue weighted by Gasteiger charge is 2.29. The van der Waals surface area contributed by atoms with Crippen molar-refractivity contribution in [1.82, 2.24) is 20.3 Å². The summed E-state index contributed by atoms with van der Waals surface area (Å²) >= 11 is 0. The molecule has 0 unspecified atom stereocenters. The average Bonchev–Trinajstić information content (AvgIpc) is 2.59. The summed E-state index contributed by atoms with van der Waals surface area (Å²) in [5, 5.41) is 10.3. The van der Waals surface area contributed by atoms with Crippen molar-refractivity contribution in [3.05, 3.63) is 11.9 Å². The summed E-state index contributed by atoms with van der Waals surface area (Å²) in [6, 6.07) is 0.145. The molecule has 0 atom stereocenters. The zero-order valence-electron chi connectivity index (χ0n) is 8.87. The number of alkyl halides is 3. The molecule has 1 aliphatic rings. The van der Waals surface area contributed by atoms with Gasteiger partial charge in [-0.15, -0.1) is 5.10 Å². The van der Waals surface area contributed by atoms with E-state index in [1.54, 1.807) is 0 Å². The van der Waals surface area contributed by atoms with Crippen LogP contribution in [0.1, 0.15) is 29.4 Å². The van der Waals surface area contributed by atoms with Gasteiger partial charge in [0.2, 0.25) is 0 Å². The van der Waals surface area contributed by atoms with Crippen molar-refractivity contribution in [2.75, 3.05) is 13.1 Å². The summed E-state index contributed by atoms with van der Waals surface area (Å²) in [7, 11) is 0. The second kappa shape index (κ2) is 4.44. The molecule has 0 bridgehead atoms. The van der Waals surface area contributed by atoms with Gasteiger partial charge in [-0.1, -0.05) is 5.21 Å². The van der Waals surface area contributed by atoms with Crippen LogP contribution in [-0.2, 0) is 0 Å². The fourth-order valence-corrected chi connectivity index (χ4v) is 1.43. The first-order chi connectivity index (χ1) is 7.96. The summed E-state index contributed by atoms with van der Waals surface area (Å²) in [5.74, 6) is -0.624. The number of hydrogen-bond donors (Lipinski definition) is 1. The van der Waals surface area contributed by atoms with E-state index in [0.717, 1.165) is 13.1 Å². The van der Waals surface area contributed by atoms with Crippen LogP contribution in [0.4, 0.5) is 13.2 Å². The van der Waals surface area contributed by atoms with E-state index >= 15 is 0 Å². The van der Waals surface area contributed by atoms with Gasteiger partial charge in [-0.25, -0.2) is 4.68 Å². The Labute approximate surface area is 95.0 Å². The van der Waals surface area contributed by atoms with Crippen LogP contribution < -0.4 is 5.32 Å². The molecule has 0 aliphatic carbocycles. The van der Waals surface area contributed by atoms with Crippen LogP contribution in [0.15, 0.2) is 6.20 Å². The third-order valence-electron chi connectivity index (χ3n) is 2.57. The summed E-state index contributed by atoms with van der Waals surface area (Å²) in [6.07, 6.45) is -4.61. The maximum atomic E-state index is 11.9. The normalized spacial score (nSPS) is 16.9. The van der Waals surface area contributed by atoms with Gasteiger partial charge in [0.15, 0.2) is 5.78 Å². The Hall–Kier alpha value is -1.44. The molecule has 0 saturated carbocycles. The highest BCUT2D eigenvalue weighted by molar-refractivity contribution is 5.93. The number of rotatable bonds is 4. The molecule has 94 valence electrons. The molecule has 0 spiro atoms. The molecular formula is C9H11F3N4O. The Bertz CT molecular complexity index is 411. The minimum atomic E-state index is -4.32. The Morgan fingerprint density at radius 1 is 1.53 bits per heavy atom. The van der Waals surface area contributed by atoms with Gasteiger partial charge < -0.3 is 5.32 Å². The van der Waals surface area contributed by atoms with E-state index in [9.17, 15) is 18.0 Å². The first kappa shape index (κ1) is 12.0. The van der Waals surface area contributed by atoms with Gasteiger partial charge in [0.1, 0.15) is 5.69 Å². The van der Waals surface area contributed by atoms with Crippen molar-refractivity contribution in [2.24, 2.45) is 0 Å². The maximum absolute atomic E-state index is 11.9. The predicted octanol–water partition coefficient (Wildman–Crippen LogP) is 0.948. The molecule has 1 aromatic heterocycles. The SMILES string of the molecule is O=C(CCC(F)(F)F)c1cn(C2CNC2)nn1. The highest BCUT2D eigenvalue weighted by atomic mass is 19.4. The molecule has 0 amide bonds. The monoisotopic (exact) mass is 248 g/mol. The van der Waals surface area contributed by atoms with Gasteiger partial charge in [-0.3, -0.25) is 4.79 Å². The van der Waals surface area contributed by atoms with Crippen molar-refractivity contribution < 1.29 is 18.0 Å². The number of carbonyl (C=O) groups excluding carboxylic acids is 1. The lowest BCUT2D eigenvalue weighted by atomic mass is 10.1. The predicted molar refractivity (Wildman–Crippen MR) is 51.5 cm³/mol. The van der Waals surface area contributed by atoms with Crippen LogP contribution in [-0.4, -0.2) is 40.0 Å². The number of Topliss-reactive ketones (excluding diaryl/α,β-unsaturated/α-hetero) is 1. The number of hydrogen-bond acceptors (Lipinski definition) is 4. The third kappa shape index (κ3) is 3.02. The Balaban J connectivity index is 1.92. The van der Waals surface area contributed by atoms with E-state index in [1.165, 1.54) is 10.9 Å². The largest absolute Gasteiger partial charge is 0.389 e. The molecule has 1 fully saturated rings. The first-order valence-corrected chi connectivity index (χ1v) is 5.18. The van der Waals surface area contributed by atoms with Gasteiger partial charge >= 0.3 is 6.18 Å². The third-order valence-corrected chi connectivity index (χ3v) is 2.57. The lowest BCUT2D eigenvalue weighted by Gasteiger charge is -2.26. The van der Waals surface area contributed by atoms with E-state index in [1.807, 2.05) is 0 Å². The fraction of sp³-hybridized carbons (Fsp3) is 0.667. The van der Waals surface area contributed by atoms with Gasteiger partial charge in [0.05, 0.1) is 18.7 Å². The number of halogens is 3. The van der Waals surface area contributed by atoms with Crippen molar-refractivity contribution in [2.45, 2.75) is 25.1 Å². The second-order valence-corrected chi connectivity index (χ2v) is 3.93. The standard InChI is InChI=1S/C9H11F3N4O/c10-9(11,12)2-1-8(17)7-5-16(15-14-7)6-3-13-4-6/h5-6,13H,1-4H2. The summed E-state index contributed by atoms with van der Waals surface area (Å²) in [5.41, 5.74) is 0.00106. The van der Waals surface area contributed by atoms with Crippen molar-refractivity contribution in [3.63, 3.8) is 0 Å². The summed E-state index contributed by atoms with van der Waals surface area (Å²) in [6.45, 7) is 1.47. The summed E-state index contributed by atoms with van der Waals surface area (Å²) < 4.78 is 37.3. The Morgan fingerprint density at radius 2 is 2.24 bits per heavy atom. The molecule has 1 aromatic rings. The molecule has 5 nitrogen and oxygen atoms in total. The molecule has 2 rings (SSSR count). The topological polar surface area (TPSA) is 59.8 Å². The Morgan fingerprint density at radius 3 is 2.76 bits per heavy atom. The number of nitrogens with zero attached hydrogens (tertiary/aromatic N) is 3. The van der Waals surface area contributed by atoms with Crippen LogP contribution in [0.25, 0.3) is 0 Å². The van der Waals surface area contributed by atoms with Crippen LogP contribution in [0.2, 0.25) is 0 Å². The number of aromatic nitrogens is 3. The number of ketones is 1. The van der Waals surface area contributed by atoms with Crippen LogP contribution in [0.5, 0.6) is 0 Å². The van der Waals surface area contributed by atoms with Crippen LogP contribution >= 0.6 is 0 Å². The molecule has 8 heteroatoms. The molecule has 2 heterocycles. The Kier molecular flexibility index (Phi) is 3.14. The number of nitrogens with one attached hydrogen (secondary N) is 1. The van der Waals surface area contributed by atoms with Gasteiger partial charge in [-0.2, -0.15) is 13.2 Å². The average molecular weight is 248 g/mol. The van der Waals surface area contributed by atoms with Crippen LogP contribution in [0.3, 0.4) is 0 Å². The van der Waals surface area contributed by atoms with E-state index in [4.69, 9.17) is 0 Å². The van der Waals surface area contributed by atoms with Crippen molar-refractivity contribution in [1.29, 1.82) is 0 Å². The highest BCUT2D eigenvalue weighted by Crippen LogP contribution is 2.22. The quantitative estimate of drug-likeness (QED) is 0.806. The van der Waals surface area contributed by atoms with Gasteiger partial charge in [-0.05, 0) is 0 Å². The van der Waals surface area contributed by atoms with Crippen molar-refractivity contribution in [3.8, 4) is 0 Å². The van der Waals surface area contributed by atoms with E-state index in [2.05, 4.69) is 15.6 Å². The lowest BCUT2D eigenvalue weighted by Crippen LogP contribution is -2.43. The molecule has 0 radical (unpaired) electrons. The maximum Gasteiger partial charge on any atom is 0.389 e. The van der Waals surface area contributed by atoms with E-state index in [0.29, 0.717) is 0 Å². The summed E-state index contributed by atoms with van der Waals surface area (Å²) in [4.78, 5) is 11.4. The minimum Gasteiger partial charge on any atom is -0.312 e. The first-order valence-electron chi connectivity index (χ1n) is 5.18. The zero-order valence-corrected chi connectivity index (χ0v) is 8.87. The molecule has 1 aliphatic heterocycles. The molecular weight excluding hydrogens is 237 g/mol. The molecule has 17 heavy (non-hydrogen) atoms. The van der Waals surface area contributed by atoms with E-state index < -0.39 is 24.8 Å². The van der Waals surface area contributed by atoms with Crippen LogP contribution in [0, 0.1) is 0 Å². The second-order valence-electron chi connectivity index (χ2n) is 3.93. The lowest BCUT2D eigenvalue weighted by molar-refractivity contribution is -0.133. The smallest absolute Gasteiger partial charge is 0.312 e. The van der Waals surface area contributed by atoms with Gasteiger partial charge in [0.25, 0.3) is 0 Å². The fourth-order valence-electron chi connectivity index (χ4n) is 1.43. The molecule has 1 saturated heterocycles. The zero-order chi connectivity index (χ0) is 12.5. The molecule has 0 aromatic carbocycles. The molecule has 1 N–H and O–H groups in total. The minimum absolute atomic E-state index is 0.00106. The van der Waals surface area contributed by atoms with Gasteiger partial charge in [0, 0.05) is 19.5 Å². The van der Waals surface area contributed by atoms with E-state index in [-0.39, 0.29) is 11.7 Å². The number of carbonyl (C=O) groups is 1.